The molecule has 2 N–H and O–H groups in total. The lowest BCUT2D eigenvalue weighted by Crippen LogP contribution is -2.10. The maximum atomic E-state index is 5.97. The number of hydrogen-bond acceptors (Lipinski definition) is 4. The quantitative estimate of drug-likeness (QED) is 0.820. The molecule has 2 aromatic carbocycles. The summed E-state index contributed by atoms with van der Waals surface area (Å²) < 4.78 is 10.9. The minimum absolute atomic E-state index is 0.690. The fraction of sp³-hybridized carbons (Fsp3) is 0.294. The molecular weight excluding hydrogens is 264 g/mol. The Hall–Kier alpha value is -2.36. The second-order valence-electron chi connectivity index (χ2n) is 4.87. The summed E-state index contributed by atoms with van der Waals surface area (Å²) in [6.45, 7) is 2.77. The third-order valence-electron chi connectivity index (χ3n) is 3.23. The Labute approximate surface area is 126 Å². The molecule has 112 valence electrons. The Morgan fingerprint density at radius 3 is 2.33 bits per heavy atom. The van der Waals surface area contributed by atoms with E-state index in [2.05, 4.69) is 11.8 Å². The van der Waals surface area contributed by atoms with E-state index in [0.717, 1.165) is 29.3 Å². The van der Waals surface area contributed by atoms with Gasteiger partial charge in [-0.15, -0.1) is 0 Å². The van der Waals surface area contributed by atoms with E-state index in [-0.39, 0.29) is 0 Å². The van der Waals surface area contributed by atoms with Crippen molar-refractivity contribution >= 4 is 17.1 Å². The highest BCUT2D eigenvalue weighted by Crippen LogP contribution is 2.30. The molecule has 0 fully saturated rings. The Morgan fingerprint density at radius 1 is 1.00 bits per heavy atom. The number of anilines is 3. The van der Waals surface area contributed by atoms with E-state index in [1.54, 1.807) is 7.11 Å². The van der Waals surface area contributed by atoms with Crippen LogP contribution in [0, 0.1) is 0 Å². The topological polar surface area (TPSA) is 47.7 Å². The van der Waals surface area contributed by atoms with Crippen LogP contribution in [0.1, 0.15) is 13.3 Å². The van der Waals surface area contributed by atoms with Crippen LogP contribution in [0.4, 0.5) is 17.1 Å². The van der Waals surface area contributed by atoms with Crippen molar-refractivity contribution in [2.75, 3.05) is 31.4 Å². The molecule has 0 atom stereocenters. The highest BCUT2D eigenvalue weighted by atomic mass is 16.5. The van der Waals surface area contributed by atoms with Crippen LogP contribution in [0.25, 0.3) is 0 Å². The predicted molar refractivity (Wildman–Crippen MR) is 87.7 cm³/mol. The van der Waals surface area contributed by atoms with Gasteiger partial charge in [0.15, 0.2) is 0 Å². The molecule has 2 rings (SSSR count). The van der Waals surface area contributed by atoms with E-state index in [0.29, 0.717) is 12.3 Å². The van der Waals surface area contributed by atoms with Crippen LogP contribution < -0.4 is 20.1 Å². The van der Waals surface area contributed by atoms with Crippen molar-refractivity contribution in [1.29, 1.82) is 0 Å². The van der Waals surface area contributed by atoms with Gasteiger partial charge in [0.1, 0.15) is 11.5 Å². The molecule has 0 heterocycles. The van der Waals surface area contributed by atoms with E-state index in [1.807, 2.05) is 49.5 Å². The lowest BCUT2D eigenvalue weighted by molar-refractivity contribution is 0.317. The van der Waals surface area contributed by atoms with Crippen molar-refractivity contribution in [3.63, 3.8) is 0 Å². The van der Waals surface area contributed by atoms with Gasteiger partial charge in [-0.1, -0.05) is 6.92 Å². The van der Waals surface area contributed by atoms with Crippen LogP contribution in [-0.4, -0.2) is 20.8 Å². The maximum absolute atomic E-state index is 5.97. The molecule has 0 saturated carbocycles. The van der Waals surface area contributed by atoms with Gasteiger partial charge in [0.25, 0.3) is 0 Å². The van der Waals surface area contributed by atoms with Gasteiger partial charge in [0.05, 0.1) is 13.7 Å². The van der Waals surface area contributed by atoms with Gasteiger partial charge in [-0.2, -0.15) is 0 Å². The molecule has 0 unspecified atom stereocenters. The van der Waals surface area contributed by atoms with E-state index < -0.39 is 0 Å². The SMILES string of the molecule is CCCOc1cc(N)cc(N(C)c2ccc(OC)cc2)c1. The summed E-state index contributed by atoms with van der Waals surface area (Å²) >= 11 is 0. The molecule has 0 aliphatic carbocycles. The van der Waals surface area contributed by atoms with Gasteiger partial charge < -0.3 is 20.1 Å². The highest BCUT2D eigenvalue weighted by Gasteiger charge is 2.07. The van der Waals surface area contributed by atoms with E-state index >= 15 is 0 Å². The van der Waals surface area contributed by atoms with Gasteiger partial charge >= 0.3 is 0 Å². The molecule has 0 bridgehead atoms. The third-order valence-corrected chi connectivity index (χ3v) is 3.23. The molecule has 4 nitrogen and oxygen atoms in total. The van der Waals surface area contributed by atoms with Crippen LogP contribution in [-0.2, 0) is 0 Å². The molecule has 0 aliphatic heterocycles. The van der Waals surface area contributed by atoms with E-state index in [9.17, 15) is 0 Å². The average molecular weight is 286 g/mol. The van der Waals surface area contributed by atoms with Gasteiger partial charge in [-0.25, -0.2) is 0 Å². The first kappa shape index (κ1) is 15.0. The van der Waals surface area contributed by atoms with Crippen molar-refractivity contribution in [2.45, 2.75) is 13.3 Å². The van der Waals surface area contributed by atoms with Crippen LogP contribution in [0.5, 0.6) is 11.5 Å². The van der Waals surface area contributed by atoms with Gasteiger partial charge in [0, 0.05) is 36.2 Å². The third kappa shape index (κ3) is 3.81. The lowest BCUT2D eigenvalue weighted by atomic mass is 10.2. The molecule has 21 heavy (non-hydrogen) atoms. The summed E-state index contributed by atoms with van der Waals surface area (Å²) in [4.78, 5) is 2.06. The average Bonchev–Trinajstić information content (AvgIpc) is 2.51. The number of hydrogen-bond donors (Lipinski definition) is 1. The second kappa shape index (κ2) is 6.88. The van der Waals surface area contributed by atoms with Crippen molar-refractivity contribution in [1.82, 2.24) is 0 Å². The van der Waals surface area contributed by atoms with E-state index in [4.69, 9.17) is 15.2 Å². The molecule has 0 aromatic heterocycles. The number of nitrogen functional groups attached to an aromatic ring is 1. The Bertz CT molecular complexity index is 582. The Balaban J connectivity index is 2.24. The van der Waals surface area contributed by atoms with Gasteiger partial charge in [0.2, 0.25) is 0 Å². The molecule has 2 aromatic rings. The van der Waals surface area contributed by atoms with Crippen LogP contribution in [0.3, 0.4) is 0 Å². The molecule has 0 amide bonds. The molecular formula is C17H22N2O2. The first-order valence-corrected chi connectivity index (χ1v) is 7.05. The van der Waals surface area contributed by atoms with Crippen LogP contribution in [0.15, 0.2) is 42.5 Å². The monoisotopic (exact) mass is 286 g/mol. The molecule has 4 heteroatoms. The Kier molecular flexibility index (Phi) is 4.93. The first-order valence-electron chi connectivity index (χ1n) is 7.05. The summed E-state index contributed by atoms with van der Waals surface area (Å²) in [5.74, 6) is 1.64. The molecule has 0 aliphatic rings. The number of rotatable bonds is 6. The minimum atomic E-state index is 0.690. The van der Waals surface area contributed by atoms with Gasteiger partial charge in [-0.05, 0) is 36.8 Å². The number of nitrogens with two attached hydrogens (primary N) is 1. The number of benzene rings is 2. The highest BCUT2D eigenvalue weighted by molar-refractivity contribution is 5.68. The fourth-order valence-electron chi connectivity index (χ4n) is 2.06. The van der Waals surface area contributed by atoms with Crippen molar-refractivity contribution < 1.29 is 9.47 Å². The molecule has 0 saturated heterocycles. The zero-order valence-electron chi connectivity index (χ0n) is 12.8. The second-order valence-corrected chi connectivity index (χ2v) is 4.87. The Morgan fingerprint density at radius 2 is 1.71 bits per heavy atom. The van der Waals surface area contributed by atoms with Crippen molar-refractivity contribution in [2.24, 2.45) is 0 Å². The predicted octanol–water partition coefficient (Wildman–Crippen LogP) is 3.83. The normalized spacial score (nSPS) is 10.2. The van der Waals surface area contributed by atoms with Gasteiger partial charge in [-0.3, -0.25) is 0 Å². The van der Waals surface area contributed by atoms with Crippen LogP contribution in [0.2, 0.25) is 0 Å². The number of methoxy groups -OCH3 is 1. The standard InChI is InChI=1S/C17H22N2O2/c1-4-9-21-17-11-13(18)10-15(12-17)19(2)14-5-7-16(20-3)8-6-14/h5-8,10-12H,4,9,18H2,1-3H3. The summed E-state index contributed by atoms with van der Waals surface area (Å²) in [6, 6.07) is 13.7. The summed E-state index contributed by atoms with van der Waals surface area (Å²) in [6.07, 6.45) is 0.971. The summed E-state index contributed by atoms with van der Waals surface area (Å²) in [7, 11) is 3.66. The molecule has 0 spiro atoms. The van der Waals surface area contributed by atoms with Crippen LogP contribution >= 0.6 is 0 Å². The zero-order chi connectivity index (χ0) is 15.2. The maximum Gasteiger partial charge on any atom is 0.123 e. The van der Waals surface area contributed by atoms with Crippen molar-refractivity contribution in [3.8, 4) is 11.5 Å². The molecule has 0 radical (unpaired) electrons. The lowest BCUT2D eigenvalue weighted by Gasteiger charge is -2.21. The first-order chi connectivity index (χ1) is 10.1. The summed E-state index contributed by atoms with van der Waals surface area (Å²) in [5, 5.41) is 0. The minimum Gasteiger partial charge on any atom is -0.497 e. The largest absolute Gasteiger partial charge is 0.497 e. The number of nitrogens with zero attached hydrogens (tertiary/aromatic N) is 1. The summed E-state index contributed by atoms with van der Waals surface area (Å²) in [5.41, 5.74) is 8.71. The smallest absolute Gasteiger partial charge is 0.123 e. The number of ether oxygens (including phenoxy) is 2. The van der Waals surface area contributed by atoms with Crippen molar-refractivity contribution in [3.05, 3.63) is 42.5 Å². The zero-order valence-corrected chi connectivity index (χ0v) is 12.8. The van der Waals surface area contributed by atoms with E-state index in [1.165, 1.54) is 0 Å². The fourth-order valence-corrected chi connectivity index (χ4v) is 2.06.